The number of carbonyl (C=O) groups is 1. The number of aromatic nitrogens is 2. The van der Waals surface area contributed by atoms with E-state index in [9.17, 15) is 9.90 Å². The molecule has 0 saturated carbocycles. The molecule has 1 aromatic heterocycles. The third kappa shape index (κ3) is 2.98. The minimum atomic E-state index is -0.481. The zero-order valence-electron chi connectivity index (χ0n) is 10.5. The molecule has 0 aliphatic carbocycles. The van der Waals surface area contributed by atoms with Crippen LogP contribution in [0.5, 0.6) is 11.5 Å². The van der Waals surface area contributed by atoms with Crippen molar-refractivity contribution in [3.05, 3.63) is 41.7 Å². The Balaban J connectivity index is 2.20. The largest absolute Gasteiger partial charge is 0.507 e. The molecule has 6 heteroatoms. The van der Waals surface area contributed by atoms with E-state index in [0.29, 0.717) is 5.75 Å². The Bertz CT molecular complexity index is 614. The molecule has 1 heterocycles. The van der Waals surface area contributed by atoms with Crippen molar-refractivity contribution >= 4 is 11.9 Å². The molecule has 0 spiro atoms. The summed E-state index contributed by atoms with van der Waals surface area (Å²) in [5.74, 6) is 0.0244. The van der Waals surface area contributed by atoms with Crippen LogP contribution in [0.2, 0.25) is 0 Å². The molecule has 0 radical (unpaired) electrons. The monoisotopic (exact) mass is 259 g/mol. The number of phenolic OH excluding ortho intramolecular Hbond substituents is 1. The highest BCUT2D eigenvalue weighted by Gasteiger charge is 2.13. The summed E-state index contributed by atoms with van der Waals surface area (Å²) in [6.07, 6.45) is 1.55. The first-order valence-electron chi connectivity index (χ1n) is 5.58. The van der Waals surface area contributed by atoms with E-state index >= 15 is 0 Å². The number of ether oxygens (including phenoxy) is 1. The van der Waals surface area contributed by atoms with Crippen LogP contribution in [0.3, 0.4) is 0 Å². The van der Waals surface area contributed by atoms with Crippen molar-refractivity contribution in [1.82, 2.24) is 9.97 Å². The average molecular weight is 259 g/mol. The second kappa shape index (κ2) is 5.34. The lowest BCUT2D eigenvalue weighted by molar-refractivity contribution is 0.102. The Kier molecular flexibility index (Phi) is 3.61. The van der Waals surface area contributed by atoms with Crippen molar-refractivity contribution in [3.63, 3.8) is 0 Å². The summed E-state index contributed by atoms with van der Waals surface area (Å²) in [7, 11) is 1.48. The Hall–Kier alpha value is -2.63. The fourth-order valence-corrected chi connectivity index (χ4v) is 1.51. The van der Waals surface area contributed by atoms with E-state index in [2.05, 4.69) is 15.3 Å². The summed E-state index contributed by atoms with van der Waals surface area (Å²) in [5, 5.41) is 12.3. The van der Waals surface area contributed by atoms with Crippen molar-refractivity contribution in [2.75, 3.05) is 12.4 Å². The maximum Gasteiger partial charge on any atom is 0.261 e. The number of aryl methyl sites for hydroxylation is 1. The third-order valence-electron chi connectivity index (χ3n) is 2.47. The highest BCUT2D eigenvalue weighted by atomic mass is 16.5. The minimum absolute atomic E-state index is 0.130. The molecule has 6 nitrogen and oxygen atoms in total. The van der Waals surface area contributed by atoms with Gasteiger partial charge < -0.3 is 9.84 Å². The van der Waals surface area contributed by atoms with Gasteiger partial charge in [0, 0.05) is 18.0 Å². The molecule has 98 valence electrons. The number of aromatic hydroxyl groups is 1. The van der Waals surface area contributed by atoms with Crippen molar-refractivity contribution in [2.45, 2.75) is 6.92 Å². The highest BCUT2D eigenvalue weighted by Crippen LogP contribution is 2.23. The van der Waals surface area contributed by atoms with Crippen LogP contribution in [-0.4, -0.2) is 28.1 Å². The van der Waals surface area contributed by atoms with Crippen molar-refractivity contribution in [2.24, 2.45) is 0 Å². The van der Waals surface area contributed by atoms with Crippen molar-refractivity contribution in [1.29, 1.82) is 0 Å². The molecule has 0 saturated heterocycles. The number of carbonyl (C=O) groups excluding carboxylic acids is 1. The van der Waals surface area contributed by atoms with Crippen molar-refractivity contribution < 1.29 is 14.6 Å². The predicted molar refractivity (Wildman–Crippen MR) is 69.4 cm³/mol. The second-order valence-electron chi connectivity index (χ2n) is 3.86. The van der Waals surface area contributed by atoms with Gasteiger partial charge in [-0.15, -0.1) is 0 Å². The van der Waals surface area contributed by atoms with E-state index in [1.165, 1.54) is 19.2 Å². The topological polar surface area (TPSA) is 84.3 Å². The normalized spacial score (nSPS) is 10.0. The number of anilines is 1. The van der Waals surface area contributed by atoms with Gasteiger partial charge >= 0.3 is 0 Å². The van der Waals surface area contributed by atoms with E-state index in [4.69, 9.17) is 4.74 Å². The summed E-state index contributed by atoms with van der Waals surface area (Å²) >= 11 is 0. The number of nitrogens with one attached hydrogen (secondary N) is 1. The van der Waals surface area contributed by atoms with Gasteiger partial charge in [0.1, 0.15) is 11.5 Å². The van der Waals surface area contributed by atoms with E-state index in [-0.39, 0.29) is 17.3 Å². The number of rotatable bonds is 3. The molecule has 0 unspecified atom stereocenters. The van der Waals surface area contributed by atoms with Gasteiger partial charge in [-0.1, -0.05) is 0 Å². The molecule has 2 N–H and O–H groups in total. The van der Waals surface area contributed by atoms with E-state index in [1.54, 1.807) is 25.3 Å². The number of amides is 1. The van der Waals surface area contributed by atoms with Crippen LogP contribution < -0.4 is 10.1 Å². The quantitative estimate of drug-likeness (QED) is 0.877. The first kappa shape index (κ1) is 12.8. The lowest BCUT2D eigenvalue weighted by atomic mass is 10.2. The van der Waals surface area contributed by atoms with Gasteiger partial charge in [-0.05, 0) is 25.1 Å². The Morgan fingerprint density at radius 1 is 1.37 bits per heavy atom. The molecule has 0 aliphatic heterocycles. The number of methoxy groups -OCH3 is 1. The summed E-state index contributed by atoms with van der Waals surface area (Å²) in [6.45, 7) is 1.79. The summed E-state index contributed by atoms with van der Waals surface area (Å²) in [5.41, 5.74) is 0.871. The standard InChI is InChI=1S/C13H13N3O3/c1-8-5-6-14-13(15-8)16-12(18)10-4-3-9(19-2)7-11(10)17/h3-7,17H,1-2H3,(H,14,15,16,18). The first-order chi connectivity index (χ1) is 9.10. The number of hydrogen-bond acceptors (Lipinski definition) is 5. The maximum absolute atomic E-state index is 12.0. The van der Waals surface area contributed by atoms with Crippen LogP contribution in [0, 0.1) is 6.92 Å². The number of nitrogens with zero attached hydrogens (tertiary/aromatic N) is 2. The molecule has 0 fully saturated rings. The molecular weight excluding hydrogens is 246 g/mol. The van der Waals surface area contributed by atoms with E-state index in [1.807, 2.05) is 0 Å². The lowest BCUT2D eigenvalue weighted by Crippen LogP contribution is -2.14. The fourth-order valence-electron chi connectivity index (χ4n) is 1.51. The molecule has 2 rings (SSSR count). The highest BCUT2D eigenvalue weighted by molar-refractivity contribution is 6.05. The Labute approximate surface area is 110 Å². The van der Waals surface area contributed by atoms with Gasteiger partial charge in [-0.25, -0.2) is 9.97 Å². The molecule has 1 amide bonds. The van der Waals surface area contributed by atoms with E-state index in [0.717, 1.165) is 5.69 Å². The minimum Gasteiger partial charge on any atom is -0.507 e. The van der Waals surface area contributed by atoms with Crippen LogP contribution in [-0.2, 0) is 0 Å². The Morgan fingerprint density at radius 2 is 2.16 bits per heavy atom. The van der Waals surface area contributed by atoms with Gasteiger partial charge in [0.15, 0.2) is 0 Å². The van der Waals surface area contributed by atoms with Crippen LogP contribution in [0.4, 0.5) is 5.95 Å². The van der Waals surface area contributed by atoms with Crippen LogP contribution >= 0.6 is 0 Å². The Morgan fingerprint density at radius 3 is 2.79 bits per heavy atom. The summed E-state index contributed by atoms with van der Waals surface area (Å²) in [6, 6.07) is 6.15. The average Bonchev–Trinajstić information content (AvgIpc) is 2.38. The number of hydrogen-bond donors (Lipinski definition) is 2. The van der Waals surface area contributed by atoms with Gasteiger partial charge in [-0.2, -0.15) is 0 Å². The molecular formula is C13H13N3O3. The van der Waals surface area contributed by atoms with Gasteiger partial charge in [-0.3, -0.25) is 10.1 Å². The first-order valence-corrected chi connectivity index (χ1v) is 5.58. The van der Waals surface area contributed by atoms with E-state index < -0.39 is 5.91 Å². The predicted octanol–water partition coefficient (Wildman–Crippen LogP) is 1.75. The number of benzene rings is 1. The fraction of sp³-hybridized carbons (Fsp3) is 0.154. The summed E-state index contributed by atoms with van der Waals surface area (Å²) < 4.78 is 4.95. The lowest BCUT2D eigenvalue weighted by Gasteiger charge is -2.07. The van der Waals surface area contributed by atoms with Crippen molar-refractivity contribution in [3.8, 4) is 11.5 Å². The molecule has 2 aromatic rings. The SMILES string of the molecule is COc1ccc(C(=O)Nc2nccc(C)n2)c(O)c1. The van der Waals surface area contributed by atoms with Crippen LogP contribution in [0.15, 0.2) is 30.5 Å². The zero-order valence-corrected chi connectivity index (χ0v) is 10.5. The molecule has 0 bridgehead atoms. The summed E-state index contributed by atoms with van der Waals surface area (Å²) in [4.78, 5) is 19.9. The van der Waals surface area contributed by atoms with Gasteiger partial charge in [0.2, 0.25) is 5.95 Å². The molecule has 19 heavy (non-hydrogen) atoms. The smallest absolute Gasteiger partial charge is 0.261 e. The second-order valence-corrected chi connectivity index (χ2v) is 3.86. The molecule has 1 aromatic carbocycles. The van der Waals surface area contributed by atoms with Gasteiger partial charge in [0.05, 0.1) is 12.7 Å². The molecule has 0 atom stereocenters. The number of phenols is 1. The molecule has 0 aliphatic rings. The maximum atomic E-state index is 12.0. The zero-order chi connectivity index (χ0) is 13.8. The van der Waals surface area contributed by atoms with Crippen LogP contribution in [0.1, 0.15) is 16.1 Å². The van der Waals surface area contributed by atoms with Crippen LogP contribution in [0.25, 0.3) is 0 Å². The van der Waals surface area contributed by atoms with Gasteiger partial charge in [0.25, 0.3) is 5.91 Å². The third-order valence-corrected chi connectivity index (χ3v) is 2.47.